The third kappa shape index (κ3) is 3.20. The number of hydrogen-bond acceptors (Lipinski definition) is 4. The van der Waals surface area contributed by atoms with Crippen molar-refractivity contribution in [2.24, 2.45) is 0 Å². The number of furan rings is 1. The van der Waals surface area contributed by atoms with Gasteiger partial charge in [-0.2, -0.15) is 0 Å². The maximum Gasteiger partial charge on any atom is 0.271 e. The van der Waals surface area contributed by atoms with Crippen LogP contribution in [0.15, 0.2) is 58.7 Å². The summed E-state index contributed by atoms with van der Waals surface area (Å²) in [4.78, 5) is 17.1. The van der Waals surface area contributed by atoms with E-state index in [0.29, 0.717) is 18.0 Å². The lowest BCUT2D eigenvalue weighted by molar-refractivity contribution is 0.0950. The molecule has 0 aliphatic heterocycles. The molecule has 0 atom stereocenters. The van der Waals surface area contributed by atoms with E-state index in [2.05, 4.69) is 10.3 Å². The molecular weight excluding hydrogens is 284 g/mol. The Labute approximate surface area is 126 Å². The molecule has 0 saturated carbocycles. The van der Waals surface area contributed by atoms with Crippen molar-refractivity contribution in [2.45, 2.75) is 6.42 Å². The van der Waals surface area contributed by atoms with E-state index in [0.717, 1.165) is 11.3 Å². The van der Waals surface area contributed by atoms with Crippen LogP contribution in [-0.4, -0.2) is 17.4 Å². The Kier molecular flexibility index (Phi) is 4.12. The number of nitrogens with zero attached hydrogens (tertiary/aromatic N) is 1. The number of carbonyl (C=O) groups is 1. The molecule has 3 rings (SSSR count). The summed E-state index contributed by atoms with van der Waals surface area (Å²) in [5.74, 6) is 0.504. The van der Waals surface area contributed by atoms with Crippen LogP contribution in [0.3, 0.4) is 0 Å². The molecule has 106 valence electrons. The van der Waals surface area contributed by atoms with E-state index in [-0.39, 0.29) is 5.91 Å². The second-order valence-corrected chi connectivity index (χ2v) is 5.35. The Hall–Kier alpha value is -2.40. The second-order valence-electron chi connectivity index (χ2n) is 4.50. The van der Waals surface area contributed by atoms with Crippen molar-refractivity contribution in [3.63, 3.8) is 0 Å². The molecule has 4 nitrogen and oxygen atoms in total. The number of hydrogen-bond donors (Lipinski definition) is 1. The minimum atomic E-state index is -0.168. The third-order valence-electron chi connectivity index (χ3n) is 3.07. The van der Waals surface area contributed by atoms with Gasteiger partial charge in [-0.3, -0.25) is 4.79 Å². The summed E-state index contributed by atoms with van der Waals surface area (Å²) >= 11 is 1.40. The first-order valence-electron chi connectivity index (χ1n) is 6.64. The predicted molar refractivity (Wildman–Crippen MR) is 82.3 cm³/mol. The van der Waals surface area contributed by atoms with Gasteiger partial charge >= 0.3 is 0 Å². The highest BCUT2D eigenvalue weighted by Gasteiger charge is 2.17. The molecule has 0 aliphatic carbocycles. The topological polar surface area (TPSA) is 55.1 Å². The fourth-order valence-electron chi connectivity index (χ4n) is 2.04. The fraction of sp³-hybridized carbons (Fsp3) is 0.125. The number of rotatable bonds is 5. The summed E-state index contributed by atoms with van der Waals surface area (Å²) in [5, 5.41) is 2.90. The first-order chi connectivity index (χ1) is 10.3. The summed E-state index contributed by atoms with van der Waals surface area (Å²) in [6.07, 6.45) is 2.39. The highest BCUT2D eigenvalue weighted by atomic mass is 32.1. The Balaban J connectivity index is 1.63. The van der Waals surface area contributed by atoms with Crippen molar-refractivity contribution >= 4 is 17.2 Å². The van der Waals surface area contributed by atoms with E-state index in [1.807, 2.05) is 36.4 Å². The molecule has 0 aliphatic rings. The van der Waals surface area contributed by atoms with Gasteiger partial charge in [-0.05, 0) is 24.1 Å². The molecule has 3 aromatic rings. The monoisotopic (exact) mass is 298 g/mol. The lowest BCUT2D eigenvalue weighted by atomic mass is 10.1. The van der Waals surface area contributed by atoms with Crippen LogP contribution in [0.1, 0.15) is 16.1 Å². The van der Waals surface area contributed by atoms with Crippen molar-refractivity contribution in [1.82, 2.24) is 10.3 Å². The largest absolute Gasteiger partial charge is 0.463 e. The standard InChI is InChI=1S/C16H14N2O2S/c19-16(17-9-8-12-5-2-1-3-6-12)14-15(21-11-18-14)13-7-4-10-20-13/h1-7,10-11H,8-9H2,(H,17,19). The van der Waals surface area contributed by atoms with E-state index >= 15 is 0 Å². The van der Waals surface area contributed by atoms with Crippen LogP contribution in [0.25, 0.3) is 10.6 Å². The van der Waals surface area contributed by atoms with Crippen LogP contribution in [0.2, 0.25) is 0 Å². The van der Waals surface area contributed by atoms with Gasteiger partial charge in [-0.15, -0.1) is 11.3 Å². The van der Waals surface area contributed by atoms with Gasteiger partial charge in [0.15, 0.2) is 0 Å². The Morgan fingerprint density at radius 2 is 2.05 bits per heavy atom. The van der Waals surface area contributed by atoms with Crippen molar-refractivity contribution < 1.29 is 9.21 Å². The zero-order valence-corrected chi connectivity index (χ0v) is 12.1. The molecule has 0 spiro atoms. The van der Waals surface area contributed by atoms with Gasteiger partial charge in [0.1, 0.15) is 16.3 Å². The SMILES string of the molecule is O=C(NCCc1ccccc1)c1ncsc1-c1ccco1. The molecule has 1 aromatic carbocycles. The Morgan fingerprint density at radius 3 is 2.81 bits per heavy atom. The van der Waals surface area contributed by atoms with E-state index in [1.165, 1.54) is 16.9 Å². The molecule has 2 aromatic heterocycles. The van der Waals surface area contributed by atoms with Gasteiger partial charge in [-0.1, -0.05) is 30.3 Å². The van der Waals surface area contributed by atoms with Crippen LogP contribution in [-0.2, 0) is 6.42 Å². The molecule has 0 radical (unpaired) electrons. The van der Waals surface area contributed by atoms with Crippen LogP contribution in [0.5, 0.6) is 0 Å². The molecule has 0 unspecified atom stereocenters. The fourth-order valence-corrected chi connectivity index (χ4v) is 2.79. The molecular formula is C16H14N2O2S. The molecule has 21 heavy (non-hydrogen) atoms. The van der Waals surface area contributed by atoms with E-state index in [9.17, 15) is 4.79 Å². The first-order valence-corrected chi connectivity index (χ1v) is 7.52. The van der Waals surface area contributed by atoms with Crippen LogP contribution >= 0.6 is 11.3 Å². The molecule has 5 heteroatoms. The van der Waals surface area contributed by atoms with Gasteiger partial charge in [0, 0.05) is 6.54 Å². The minimum Gasteiger partial charge on any atom is -0.463 e. The molecule has 1 amide bonds. The Morgan fingerprint density at radius 1 is 1.19 bits per heavy atom. The average Bonchev–Trinajstić information content (AvgIpc) is 3.19. The summed E-state index contributed by atoms with van der Waals surface area (Å²) in [6, 6.07) is 13.7. The average molecular weight is 298 g/mol. The summed E-state index contributed by atoms with van der Waals surface area (Å²) in [5.41, 5.74) is 3.27. The highest BCUT2D eigenvalue weighted by molar-refractivity contribution is 7.13. The van der Waals surface area contributed by atoms with Crippen molar-refractivity contribution in [3.05, 3.63) is 65.5 Å². The maximum atomic E-state index is 12.2. The van der Waals surface area contributed by atoms with Crippen molar-refractivity contribution in [3.8, 4) is 10.6 Å². The maximum absolute atomic E-state index is 12.2. The lowest BCUT2D eigenvalue weighted by Gasteiger charge is -2.04. The highest BCUT2D eigenvalue weighted by Crippen LogP contribution is 2.27. The minimum absolute atomic E-state index is 0.168. The molecule has 0 fully saturated rings. The number of carbonyl (C=O) groups excluding carboxylic acids is 1. The normalized spacial score (nSPS) is 10.5. The van der Waals surface area contributed by atoms with Gasteiger partial charge in [0.05, 0.1) is 11.8 Å². The lowest BCUT2D eigenvalue weighted by Crippen LogP contribution is -2.26. The number of aromatic nitrogens is 1. The van der Waals surface area contributed by atoms with Crippen LogP contribution < -0.4 is 5.32 Å². The first kappa shape index (κ1) is 13.6. The van der Waals surface area contributed by atoms with E-state index in [1.54, 1.807) is 17.8 Å². The van der Waals surface area contributed by atoms with Gasteiger partial charge in [0.25, 0.3) is 5.91 Å². The molecule has 0 bridgehead atoms. The molecule has 2 heterocycles. The zero-order chi connectivity index (χ0) is 14.5. The van der Waals surface area contributed by atoms with Gasteiger partial charge in [0.2, 0.25) is 0 Å². The van der Waals surface area contributed by atoms with Crippen LogP contribution in [0.4, 0.5) is 0 Å². The van der Waals surface area contributed by atoms with E-state index < -0.39 is 0 Å². The number of nitrogens with one attached hydrogen (secondary N) is 1. The van der Waals surface area contributed by atoms with Crippen LogP contribution in [0, 0.1) is 0 Å². The van der Waals surface area contributed by atoms with E-state index in [4.69, 9.17) is 4.42 Å². The molecule has 0 saturated heterocycles. The van der Waals surface area contributed by atoms with Gasteiger partial charge < -0.3 is 9.73 Å². The summed E-state index contributed by atoms with van der Waals surface area (Å²) in [7, 11) is 0. The third-order valence-corrected chi connectivity index (χ3v) is 3.91. The summed E-state index contributed by atoms with van der Waals surface area (Å²) in [6.45, 7) is 0.581. The Bertz CT molecular complexity index is 705. The number of thiazole rings is 1. The number of benzene rings is 1. The predicted octanol–water partition coefficient (Wildman–Crippen LogP) is 3.38. The number of amides is 1. The second kappa shape index (κ2) is 6.37. The van der Waals surface area contributed by atoms with Gasteiger partial charge in [-0.25, -0.2) is 4.98 Å². The molecule has 1 N–H and O–H groups in total. The smallest absolute Gasteiger partial charge is 0.271 e. The van der Waals surface area contributed by atoms with Crippen molar-refractivity contribution in [1.29, 1.82) is 0 Å². The summed E-state index contributed by atoms with van der Waals surface area (Å²) < 4.78 is 5.33. The quantitative estimate of drug-likeness (QED) is 0.785. The van der Waals surface area contributed by atoms with Crippen molar-refractivity contribution in [2.75, 3.05) is 6.54 Å². The zero-order valence-electron chi connectivity index (χ0n) is 11.3.